The van der Waals surface area contributed by atoms with Gasteiger partial charge in [0.25, 0.3) is 5.91 Å². The minimum absolute atomic E-state index is 0.0111. The maximum atomic E-state index is 12.9. The predicted molar refractivity (Wildman–Crippen MR) is 140 cm³/mol. The van der Waals surface area contributed by atoms with Gasteiger partial charge >= 0.3 is 0 Å². The number of nitrogens with zero attached hydrogens (tertiary/aromatic N) is 2. The summed E-state index contributed by atoms with van der Waals surface area (Å²) in [5.41, 5.74) is 1.08. The molecule has 1 atom stereocenters. The number of aryl methyl sites for hydroxylation is 1. The van der Waals surface area contributed by atoms with Crippen LogP contribution in [0, 0.1) is 0 Å². The van der Waals surface area contributed by atoms with Gasteiger partial charge in [-0.2, -0.15) is 5.10 Å². The molecule has 0 spiro atoms. The number of fused-ring (bicyclic) bond motifs is 1. The average Bonchev–Trinajstić information content (AvgIpc) is 3.26. The van der Waals surface area contributed by atoms with Crippen LogP contribution >= 0.6 is 11.6 Å². The van der Waals surface area contributed by atoms with Crippen LogP contribution in [0.3, 0.4) is 0 Å². The van der Waals surface area contributed by atoms with Crippen molar-refractivity contribution in [1.82, 2.24) is 9.78 Å². The number of amides is 2. The first-order valence-electron chi connectivity index (χ1n) is 11.0. The fourth-order valence-electron chi connectivity index (χ4n) is 3.58. The number of hydrogen-bond acceptors (Lipinski definition) is 7. The maximum Gasteiger partial charge on any atom is 0.255 e. The molecule has 12 heteroatoms. The molecule has 4 aromatic rings. The standard InChI is InChI=1S/C25H23ClN4O6S/c1-14(37(34,35)18-8-6-17(36-3)7-9-18)24(32)28-20-12-23(31)21(11-19(20)26)29-25(33)15-4-5-16-13-27-30(2)22(16)10-15/h4-14,31H,1-3H3,(H,28,32)(H,29,33). The maximum absolute atomic E-state index is 12.9. The lowest BCUT2D eigenvalue weighted by atomic mass is 10.1. The summed E-state index contributed by atoms with van der Waals surface area (Å²) in [6, 6.07) is 13.1. The van der Waals surface area contributed by atoms with Crippen molar-refractivity contribution in [2.24, 2.45) is 7.05 Å². The molecule has 1 heterocycles. The molecule has 37 heavy (non-hydrogen) atoms. The van der Waals surface area contributed by atoms with E-state index in [1.165, 1.54) is 44.4 Å². The molecule has 1 aromatic heterocycles. The number of methoxy groups -OCH3 is 1. The summed E-state index contributed by atoms with van der Waals surface area (Å²) >= 11 is 6.28. The zero-order chi connectivity index (χ0) is 26.9. The number of phenolic OH excluding ortho intramolecular Hbond substituents is 1. The van der Waals surface area contributed by atoms with Crippen LogP contribution in [0.5, 0.6) is 11.5 Å². The van der Waals surface area contributed by atoms with Crippen LogP contribution in [0.2, 0.25) is 5.02 Å². The van der Waals surface area contributed by atoms with Gasteiger partial charge in [-0.25, -0.2) is 8.42 Å². The van der Waals surface area contributed by atoms with Gasteiger partial charge in [-0.1, -0.05) is 17.7 Å². The van der Waals surface area contributed by atoms with E-state index in [1.54, 1.807) is 36.1 Å². The number of anilines is 2. The largest absolute Gasteiger partial charge is 0.506 e. The SMILES string of the molecule is COc1ccc(S(=O)(=O)C(C)C(=O)Nc2cc(O)c(NC(=O)c3ccc4cnn(C)c4c3)cc2Cl)cc1. The second kappa shape index (κ2) is 10.1. The van der Waals surface area contributed by atoms with Crippen molar-refractivity contribution in [3.63, 3.8) is 0 Å². The summed E-state index contributed by atoms with van der Waals surface area (Å²) in [4.78, 5) is 25.5. The number of sulfone groups is 1. The topological polar surface area (TPSA) is 140 Å². The summed E-state index contributed by atoms with van der Waals surface area (Å²) in [5.74, 6) is -1.24. The van der Waals surface area contributed by atoms with E-state index in [-0.39, 0.29) is 27.0 Å². The smallest absolute Gasteiger partial charge is 0.255 e. The number of aromatic nitrogens is 2. The van der Waals surface area contributed by atoms with E-state index in [2.05, 4.69) is 15.7 Å². The zero-order valence-corrected chi connectivity index (χ0v) is 21.6. The zero-order valence-electron chi connectivity index (χ0n) is 20.0. The van der Waals surface area contributed by atoms with Gasteiger partial charge in [0.1, 0.15) is 16.7 Å². The van der Waals surface area contributed by atoms with Crippen molar-refractivity contribution in [3.05, 3.63) is 71.4 Å². The first-order chi connectivity index (χ1) is 17.5. The third-order valence-corrected chi connectivity index (χ3v) is 8.21. The molecule has 0 fully saturated rings. The molecule has 0 saturated carbocycles. The number of benzene rings is 3. The minimum atomic E-state index is -4.01. The van der Waals surface area contributed by atoms with E-state index in [0.29, 0.717) is 11.3 Å². The first kappa shape index (κ1) is 26.0. The van der Waals surface area contributed by atoms with Crippen molar-refractivity contribution in [3.8, 4) is 11.5 Å². The molecule has 1 unspecified atom stereocenters. The second-order valence-electron chi connectivity index (χ2n) is 8.20. The Bertz CT molecular complexity index is 1620. The van der Waals surface area contributed by atoms with Crippen molar-refractivity contribution in [2.75, 3.05) is 17.7 Å². The molecule has 10 nitrogen and oxygen atoms in total. The number of nitrogens with one attached hydrogen (secondary N) is 2. The molecule has 0 bridgehead atoms. The first-order valence-corrected chi connectivity index (χ1v) is 12.9. The fraction of sp³-hybridized carbons (Fsp3) is 0.160. The van der Waals surface area contributed by atoms with E-state index in [4.69, 9.17) is 16.3 Å². The van der Waals surface area contributed by atoms with Gasteiger partial charge in [0, 0.05) is 24.1 Å². The van der Waals surface area contributed by atoms with E-state index in [1.807, 2.05) is 0 Å². The third-order valence-electron chi connectivity index (χ3n) is 5.83. The molecule has 0 aliphatic heterocycles. The van der Waals surface area contributed by atoms with Crippen molar-refractivity contribution >= 4 is 55.5 Å². The highest BCUT2D eigenvalue weighted by molar-refractivity contribution is 7.92. The minimum Gasteiger partial charge on any atom is -0.506 e. The van der Waals surface area contributed by atoms with Crippen LogP contribution in [0.4, 0.5) is 11.4 Å². The molecule has 0 aliphatic carbocycles. The Balaban J connectivity index is 1.50. The molecule has 2 amide bonds. The summed E-state index contributed by atoms with van der Waals surface area (Å²) < 4.78 is 32.4. The van der Waals surface area contributed by atoms with Crippen LogP contribution < -0.4 is 15.4 Å². The quantitative estimate of drug-likeness (QED) is 0.300. The molecule has 0 aliphatic rings. The monoisotopic (exact) mass is 542 g/mol. The normalized spacial score (nSPS) is 12.2. The van der Waals surface area contributed by atoms with Crippen LogP contribution in [-0.4, -0.2) is 47.5 Å². The van der Waals surface area contributed by atoms with Crippen molar-refractivity contribution in [2.45, 2.75) is 17.1 Å². The number of ether oxygens (including phenoxy) is 1. The Labute approximate surface area is 217 Å². The number of carbonyl (C=O) groups is 2. The van der Waals surface area contributed by atoms with E-state index >= 15 is 0 Å². The fourth-order valence-corrected chi connectivity index (χ4v) is 5.06. The molecule has 3 N–H and O–H groups in total. The summed E-state index contributed by atoms with van der Waals surface area (Å²) in [7, 11) is -0.801. The molecule has 192 valence electrons. The molecular weight excluding hydrogens is 520 g/mol. The Morgan fingerprint density at radius 2 is 1.76 bits per heavy atom. The highest BCUT2D eigenvalue weighted by Gasteiger charge is 2.30. The van der Waals surface area contributed by atoms with Crippen molar-refractivity contribution < 1.29 is 27.9 Å². The highest BCUT2D eigenvalue weighted by Crippen LogP contribution is 2.34. The number of halogens is 1. The number of rotatable bonds is 7. The van der Waals surface area contributed by atoms with Crippen LogP contribution in [0.25, 0.3) is 10.9 Å². The Morgan fingerprint density at radius 1 is 1.05 bits per heavy atom. The van der Waals surface area contributed by atoms with E-state index < -0.39 is 26.9 Å². The summed E-state index contributed by atoms with van der Waals surface area (Å²) in [6.45, 7) is 1.25. The van der Waals surface area contributed by atoms with Crippen LogP contribution in [0.1, 0.15) is 17.3 Å². The van der Waals surface area contributed by atoms with E-state index in [0.717, 1.165) is 17.0 Å². The van der Waals surface area contributed by atoms with Gasteiger partial charge in [-0.3, -0.25) is 14.3 Å². The van der Waals surface area contributed by atoms with Gasteiger partial charge in [0.15, 0.2) is 9.84 Å². The average molecular weight is 543 g/mol. The predicted octanol–water partition coefficient (Wildman–Crippen LogP) is 3.99. The van der Waals surface area contributed by atoms with Gasteiger partial charge in [0.05, 0.1) is 40.1 Å². The van der Waals surface area contributed by atoms with Crippen LogP contribution in [-0.2, 0) is 21.7 Å². The van der Waals surface area contributed by atoms with Crippen LogP contribution in [0.15, 0.2) is 65.7 Å². The van der Waals surface area contributed by atoms with Gasteiger partial charge in [-0.05, 0) is 49.4 Å². The molecule has 0 radical (unpaired) electrons. The lowest BCUT2D eigenvalue weighted by Gasteiger charge is -2.16. The number of hydrogen-bond donors (Lipinski definition) is 3. The van der Waals surface area contributed by atoms with Crippen molar-refractivity contribution in [1.29, 1.82) is 0 Å². The van der Waals surface area contributed by atoms with Gasteiger partial charge in [0.2, 0.25) is 5.91 Å². The summed E-state index contributed by atoms with van der Waals surface area (Å²) in [6.07, 6.45) is 1.68. The number of phenols is 1. The Kier molecular flexibility index (Phi) is 7.10. The van der Waals surface area contributed by atoms with Gasteiger partial charge < -0.3 is 20.5 Å². The Morgan fingerprint density at radius 3 is 2.43 bits per heavy atom. The molecular formula is C25H23ClN4O6S. The summed E-state index contributed by atoms with van der Waals surface area (Å²) in [5, 5.41) is 19.0. The second-order valence-corrected chi connectivity index (χ2v) is 10.9. The molecule has 3 aromatic carbocycles. The van der Waals surface area contributed by atoms with E-state index in [9.17, 15) is 23.1 Å². The Hall–Kier alpha value is -4.09. The number of aromatic hydroxyl groups is 1. The highest BCUT2D eigenvalue weighted by atomic mass is 35.5. The third kappa shape index (κ3) is 5.23. The number of carbonyl (C=O) groups excluding carboxylic acids is 2. The lowest BCUT2D eigenvalue weighted by Crippen LogP contribution is -2.32. The molecule has 0 saturated heterocycles. The van der Waals surface area contributed by atoms with Gasteiger partial charge in [-0.15, -0.1) is 0 Å². The lowest BCUT2D eigenvalue weighted by molar-refractivity contribution is -0.115. The molecule has 4 rings (SSSR count).